The fourth-order valence-electron chi connectivity index (χ4n) is 3.02. The lowest BCUT2D eigenvalue weighted by Crippen LogP contribution is -2.47. The molecule has 1 aromatic heterocycles. The first-order chi connectivity index (χ1) is 13.2. The van der Waals surface area contributed by atoms with Crippen LogP contribution in [-0.4, -0.2) is 36.8 Å². The fourth-order valence-corrected chi connectivity index (χ4v) is 3.02. The van der Waals surface area contributed by atoms with E-state index in [0.29, 0.717) is 22.7 Å². The van der Waals surface area contributed by atoms with Gasteiger partial charge < -0.3 is 18.9 Å². The van der Waals surface area contributed by atoms with Gasteiger partial charge in [0, 0.05) is 5.56 Å². The van der Waals surface area contributed by atoms with Gasteiger partial charge in [-0.2, -0.15) is 0 Å². The third-order valence-electron chi connectivity index (χ3n) is 4.33. The average molecular weight is 364 g/mol. The van der Waals surface area contributed by atoms with Gasteiger partial charge in [0.05, 0.1) is 19.3 Å². The zero-order valence-electron chi connectivity index (χ0n) is 14.5. The first-order valence-electron chi connectivity index (χ1n) is 8.34. The highest BCUT2D eigenvalue weighted by Crippen LogP contribution is 2.35. The number of anilines is 1. The maximum absolute atomic E-state index is 13.3. The second kappa shape index (κ2) is 6.95. The van der Waals surface area contributed by atoms with E-state index >= 15 is 0 Å². The smallest absolute Gasteiger partial charge is 0.348 e. The van der Waals surface area contributed by atoms with Crippen LogP contribution in [0, 0.1) is 0 Å². The molecule has 0 bridgehead atoms. The van der Waals surface area contributed by atoms with Crippen LogP contribution < -0.4 is 9.64 Å². The summed E-state index contributed by atoms with van der Waals surface area (Å²) in [6.07, 6.45) is 0.407. The minimum absolute atomic E-state index is 0.0297. The Morgan fingerprint density at radius 1 is 1.11 bits per heavy atom. The Kier molecular flexibility index (Phi) is 4.33. The Hall–Kier alpha value is -3.61. The van der Waals surface area contributed by atoms with Crippen molar-refractivity contribution in [3.05, 3.63) is 66.4 Å². The highest BCUT2D eigenvalue weighted by Gasteiger charge is 2.36. The monoisotopic (exact) mass is 364 g/mol. The van der Waals surface area contributed by atoms with Crippen LogP contribution in [0.2, 0.25) is 0 Å². The molecule has 0 spiro atoms. The Morgan fingerprint density at radius 3 is 2.63 bits per heavy atom. The van der Waals surface area contributed by atoms with Crippen LogP contribution in [0.5, 0.6) is 5.75 Å². The van der Waals surface area contributed by atoms with E-state index in [1.807, 2.05) is 30.3 Å². The van der Waals surface area contributed by atoms with E-state index < -0.39 is 12.1 Å². The number of hydrogen-bond donors (Lipinski definition) is 0. The molecule has 0 aliphatic carbocycles. The maximum Gasteiger partial charge on any atom is 0.348 e. The maximum atomic E-state index is 13.3. The first-order valence-corrected chi connectivity index (χ1v) is 8.34. The van der Waals surface area contributed by atoms with Gasteiger partial charge in [-0.05, 0) is 12.1 Å². The molecule has 1 amide bonds. The minimum atomic E-state index is -0.908. The molecule has 1 aliphatic rings. The van der Waals surface area contributed by atoms with E-state index in [1.165, 1.54) is 18.3 Å². The summed E-state index contributed by atoms with van der Waals surface area (Å²) in [7, 11) is 1.28. The summed E-state index contributed by atoms with van der Waals surface area (Å²) in [5, 5.41) is 3.98. The number of para-hydroxylation sites is 2. The quantitative estimate of drug-likeness (QED) is 0.665. The molecular formula is C20H16N2O5. The van der Waals surface area contributed by atoms with Gasteiger partial charge in [0.2, 0.25) is 6.10 Å². The summed E-state index contributed by atoms with van der Waals surface area (Å²) in [5.41, 5.74) is 2.09. The van der Waals surface area contributed by atoms with Gasteiger partial charge in [-0.25, -0.2) is 4.79 Å². The third-order valence-corrected chi connectivity index (χ3v) is 4.33. The first kappa shape index (κ1) is 16.8. The molecule has 2 aromatic carbocycles. The molecule has 0 saturated carbocycles. The number of methoxy groups -OCH3 is 1. The molecule has 7 heteroatoms. The lowest BCUT2D eigenvalue weighted by Gasteiger charge is -2.33. The second-order valence-electron chi connectivity index (χ2n) is 5.96. The van der Waals surface area contributed by atoms with Crippen LogP contribution in [-0.2, 0) is 9.53 Å². The number of aromatic nitrogens is 1. The minimum Gasteiger partial charge on any atom is -0.475 e. The lowest BCUT2D eigenvalue weighted by molar-refractivity contribution is -0.148. The number of hydrogen-bond acceptors (Lipinski definition) is 6. The SMILES string of the molecule is COC(=O)C1CN(C(=O)c2conc2-c2ccccc2)c2ccccc2O1. The number of esters is 1. The van der Waals surface area contributed by atoms with Crippen molar-refractivity contribution in [2.24, 2.45) is 0 Å². The van der Waals surface area contributed by atoms with E-state index in [9.17, 15) is 9.59 Å². The largest absolute Gasteiger partial charge is 0.475 e. The molecule has 0 radical (unpaired) electrons. The van der Waals surface area contributed by atoms with Gasteiger partial charge in [-0.1, -0.05) is 47.6 Å². The van der Waals surface area contributed by atoms with Crippen molar-refractivity contribution >= 4 is 17.6 Å². The number of carbonyl (C=O) groups excluding carboxylic acids is 2. The van der Waals surface area contributed by atoms with E-state index in [4.69, 9.17) is 14.0 Å². The van der Waals surface area contributed by atoms with Crippen LogP contribution in [0.4, 0.5) is 5.69 Å². The van der Waals surface area contributed by atoms with E-state index in [-0.39, 0.29) is 12.5 Å². The molecule has 4 rings (SSSR count). The fraction of sp³-hybridized carbons (Fsp3) is 0.150. The topological polar surface area (TPSA) is 81.9 Å². The predicted octanol–water partition coefficient (Wildman–Crippen LogP) is 2.92. The molecule has 1 aliphatic heterocycles. The number of carbonyl (C=O) groups is 2. The van der Waals surface area contributed by atoms with E-state index in [1.54, 1.807) is 24.3 Å². The third kappa shape index (κ3) is 3.03. The zero-order valence-corrected chi connectivity index (χ0v) is 14.5. The molecule has 1 unspecified atom stereocenters. The summed E-state index contributed by atoms with van der Waals surface area (Å²) in [5.74, 6) is -0.444. The Morgan fingerprint density at radius 2 is 1.85 bits per heavy atom. The number of fused-ring (bicyclic) bond motifs is 1. The van der Waals surface area contributed by atoms with Crippen LogP contribution in [0.15, 0.2) is 65.4 Å². The van der Waals surface area contributed by atoms with Crippen LogP contribution in [0.1, 0.15) is 10.4 Å². The molecule has 7 nitrogen and oxygen atoms in total. The van der Waals surface area contributed by atoms with Crippen molar-refractivity contribution < 1.29 is 23.6 Å². The van der Waals surface area contributed by atoms with Crippen molar-refractivity contribution in [3.63, 3.8) is 0 Å². The summed E-state index contributed by atoms with van der Waals surface area (Å²) < 4.78 is 15.5. The number of rotatable bonds is 3. The second-order valence-corrected chi connectivity index (χ2v) is 5.96. The lowest BCUT2D eigenvalue weighted by atomic mass is 10.1. The predicted molar refractivity (Wildman–Crippen MR) is 96.5 cm³/mol. The number of ether oxygens (including phenoxy) is 2. The average Bonchev–Trinajstić information content (AvgIpc) is 3.22. The van der Waals surface area contributed by atoms with Crippen molar-refractivity contribution in [1.29, 1.82) is 0 Å². The Balaban J connectivity index is 1.74. The summed E-state index contributed by atoms with van der Waals surface area (Å²) in [6.45, 7) is 0.0297. The van der Waals surface area contributed by atoms with Crippen LogP contribution >= 0.6 is 0 Å². The molecular weight excluding hydrogens is 348 g/mol. The molecule has 0 fully saturated rings. The van der Waals surface area contributed by atoms with Crippen molar-refractivity contribution in [1.82, 2.24) is 5.16 Å². The van der Waals surface area contributed by atoms with Gasteiger partial charge in [-0.3, -0.25) is 4.79 Å². The zero-order chi connectivity index (χ0) is 18.8. The number of benzene rings is 2. The molecule has 0 N–H and O–H groups in total. The summed E-state index contributed by atoms with van der Waals surface area (Å²) >= 11 is 0. The van der Waals surface area contributed by atoms with Crippen molar-refractivity contribution in [2.75, 3.05) is 18.6 Å². The van der Waals surface area contributed by atoms with Gasteiger partial charge in [0.25, 0.3) is 5.91 Å². The highest BCUT2D eigenvalue weighted by atomic mass is 16.6. The van der Waals surface area contributed by atoms with E-state index in [0.717, 1.165) is 5.56 Å². The Bertz CT molecular complexity index is 983. The molecule has 1 atom stereocenters. The van der Waals surface area contributed by atoms with Gasteiger partial charge in [0.15, 0.2) is 0 Å². The molecule has 0 saturated heterocycles. The molecule has 27 heavy (non-hydrogen) atoms. The molecule has 3 aromatic rings. The molecule has 136 valence electrons. The number of amides is 1. The highest BCUT2D eigenvalue weighted by molar-refractivity contribution is 6.10. The van der Waals surface area contributed by atoms with Gasteiger partial charge in [-0.15, -0.1) is 0 Å². The Labute approximate surface area is 155 Å². The number of nitrogens with zero attached hydrogens (tertiary/aromatic N) is 2. The standard InChI is InChI=1S/C20H16N2O5/c1-25-20(24)17-11-22(15-9-5-6-10-16(15)27-17)19(23)14-12-26-21-18(14)13-7-3-2-4-8-13/h2-10,12,17H,11H2,1H3. The van der Waals surface area contributed by atoms with Crippen molar-refractivity contribution in [2.45, 2.75) is 6.10 Å². The summed E-state index contributed by atoms with van der Waals surface area (Å²) in [4.78, 5) is 26.8. The van der Waals surface area contributed by atoms with Gasteiger partial charge in [0.1, 0.15) is 23.3 Å². The van der Waals surface area contributed by atoms with Crippen LogP contribution in [0.25, 0.3) is 11.3 Å². The van der Waals surface area contributed by atoms with Gasteiger partial charge >= 0.3 is 5.97 Å². The van der Waals surface area contributed by atoms with Crippen molar-refractivity contribution in [3.8, 4) is 17.0 Å². The molecule has 2 heterocycles. The van der Waals surface area contributed by atoms with E-state index in [2.05, 4.69) is 5.16 Å². The normalized spacial score (nSPS) is 15.6. The van der Waals surface area contributed by atoms with Crippen LogP contribution in [0.3, 0.4) is 0 Å². The summed E-state index contributed by atoms with van der Waals surface area (Å²) in [6, 6.07) is 16.3.